The lowest BCUT2D eigenvalue weighted by atomic mass is 10.1. The van der Waals surface area contributed by atoms with Crippen LogP contribution < -0.4 is 0 Å². The molecule has 0 aliphatic rings. The van der Waals surface area contributed by atoms with E-state index in [-0.39, 0.29) is 0 Å². The first-order valence-corrected chi connectivity index (χ1v) is 4.58. The normalized spacial score (nSPS) is 14.0. The minimum atomic E-state index is -4.57. The molecule has 0 aromatic heterocycles. The van der Waals surface area contributed by atoms with Crippen LogP contribution in [0.15, 0.2) is 48.6 Å². The quantitative estimate of drug-likeness (QED) is 0.788. The monoisotopic (exact) mass is 228 g/mol. The van der Waals surface area contributed by atoms with E-state index in [1.165, 1.54) is 6.08 Å². The maximum Gasteiger partial charge on any atom is 0.414 e. The molecule has 0 aliphatic heterocycles. The van der Waals surface area contributed by atoms with Crippen LogP contribution in [0.2, 0.25) is 0 Å². The van der Waals surface area contributed by atoms with Crippen LogP contribution in [0.5, 0.6) is 0 Å². The second-order valence-electron chi connectivity index (χ2n) is 3.24. The minimum Gasteiger partial charge on any atom is -0.384 e. The zero-order valence-electron chi connectivity index (χ0n) is 8.41. The average Bonchev–Trinajstić information content (AvgIpc) is 2.25. The summed E-state index contributed by atoms with van der Waals surface area (Å²) in [6.07, 6.45) is -3.80. The molecule has 0 saturated carbocycles. The fourth-order valence-electron chi connectivity index (χ4n) is 1.05. The van der Waals surface area contributed by atoms with E-state index < -0.39 is 17.9 Å². The first-order chi connectivity index (χ1) is 7.41. The van der Waals surface area contributed by atoms with E-state index >= 15 is 0 Å². The van der Waals surface area contributed by atoms with Gasteiger partial charge in [-0.2, -0.15) is 13.2 Å². The third kappa shape index (κ3) is 3.55. The van der Waals surface area contributed by atoms with Gasteiger partial charge in [0.1, 0.15) is 6.10 Å². The van der Waals surface area contributed by atoms with Gasteiger partial charge in [0.25, 0.3) is 0 Å². The maximum absolute atomic E-state index is 12.1. The van der Waals surface area contributed by atoms with Gasteiger partial charge >= 0.3 is 6.18 Å². The van der Waals surface area contributed by atoms with E-state index in [0.29, 0.717) is 0 Å². The minimum absolute atomic E-state index is 0.719. The molecule has 1 aromatic rings. The van der Waals surface area contributed by atoms with Crippen molar-refractivity contribution < 1.29 is 18.3 Å². The highest BCUT2D eigenvalue weighted by molar-refractivity contribution is 5.50. The second-order valence-corrected chi connectivity index (χ2v) is 3.24. The SMILES string of the molecule is C=C([C@@H](O)/C=C/c1ccccc1)C(F)(F)F. The Morgan fingerprint density at radius 3 is 2.31 bits per heavy atom. The Labute approximate surface area is 91.5 Å². The van der Waals surface area contributed by atoms with Crippen molar-refractivity contribution in [3.05, 3.63) is 54.1 Å². The molecule has 0 bridgehead atoms. The van der Waals surface area contributed by atoms with Gasteiger partial charge in [-0.1, -0.05) is 49.1 Å². The molecule has 0 fully saturated rings. The van der Waals surface area contributed by atoms with Crippen LogP contribution >= 0.6 is 0 Å². The highest BCUT2D eigenvalue weighted by Gasteiger charge is 2.35. The van der Waals surface area contributed by atoms with Crippen LogP contribution in [0.25, 0.3) is 6.08 Å². The lowest BCUT2D eigenvalue weighted by Crippen LogP contribution is -2.21. The summed E-state index contributed by atoms with van der Waals surface area (Å²) < 4.78 is 36.4. The third-order valence-corrected chi connectivity index (χ3v) is 1.99. The molecule has 0 unspecified atom stereocenters. The highest BCUT2D eigenvalue weighted by atomic mass is 19.4. The summed E-state index contributed by atoms with van der Waals surface area (Å²) in [5.41, 5.74) is -0.448. The average molecular weight is 228 g/mol. The molecule has 1 nitrogen and oxygen atoms in total. The molecule has 0 spiro atoms. The fourth-order valence-corrected chi connectivity index (χ4v) is 1.05. The summed E-state index contributed by atoms with van der Waals surface area (Å²) in [5.74, 6) is 0. The molecule has 0 radical (unpaired) electrons. The number of hydrogen-bond donors (Lipinski definition) is 1. The van der Waals surface area contributed by atoms with Gasteiger partial charge in [0.15, 0.2) is 0 Å². The smallest absolute Gasteiger partial charge is 0.384 e. The largest absolute Gasteiger partial charge is 0.414 e. The summed E-state index contributed by atoms with van der Waals surface area (Å²) >= 11 is 0. The van der Waals surface area contributed by atoms with E-state index in [4.69, 9.17) is 0 Å². The molecular formula is C12H11F3O. The van der Waals surface area contributed by atoms with E-state index in [9.17, 15) is 18.3 Å². The van der Waals surface area contributed by atoms with Crippen molar-refractivity contribution in [2.24, 2.45) is 0 Å². The molecule has 1 atom stereocenters. The Hall–Kier alpha value is -1.55. The standard InChI is InChI=1S/C12H11F3O/c1-9(12(13,14)15)11(16)8-7-10-5-3-2-4-6-10/h2-8,11,16H,1H2/b8-7+/t11-/m0/s1. The third-order valence-electron chi connectivity index (χ3n) is 1.99. The first kappa shape index (κ1) is 12.5. The van der Waals surface area contributed by atoms with Crippen LogP contribution in [-0.4, -0.2) is 17.4 Å². The number of alkyl halides is 3. The van der Waals surface area contributed by atoms with Gasteiger partial charge in [-0.15, -0.1) is 0 Å². The van der Waals surface area contributed by atoms with Gasteiger partial charge < -0.3 is 5.11 Å². The fraction of sp³-hybridized carbons (Fsp3) is 0.167. The van der Waals surface area contributed by atoms with E-state index in [1.807, 2.05) is 0 Å². The van der Waals surface area contributed by atoms with Crippen molar-refractivity contribution in [2.45, 2.75) is 12.3 Å². The van der Waals surface area contributed by atoms with Crippen LogP contribution in [0.1, 0.15) is 5.56 Å². The van der Waals surface area contributed by atoms with Crippen molar-refractivity contribution >= 4 is 6.08 Å². The van der Waals surface area contributed by atoms with Crippen molar-refractivity contribution in [1.29, 1.82) is 0 Å². The van der Waals surface area contributed by atoms with Crippen LogP contribution in [-0.2, 0) is 0 Å². The molecule has 0 aliphatic carbocycles. The molecule has 0 saturated heterocycles. The zero-order valence-corrected chi connectivity index (χ0v) is 8.41. The Kier molecular flexibility index (Phi) is 3.90. The van der Waals surface area contributed by atoms with Gasteiger partial charge in [-0.25, -0.2) is 0 Å². The van der Waals surface area contributed by atoms with E-state index in [0.717, 1.165) is 11.6 Å². The van der Waals surface area contributed by atoms with Crippen LogP contribution in [0, 0.1) is 0 Å². The van der Waals surface area contributed by atoms with Crippen LogP contribution in [0.3, 0.4) is 0 Å². The number of benzene rings is 1. The molecule has 1 aromatic carbocycles. The van der Waals surface area contributed by atoms with Gasteiger partial charge in [-0.05, 0) is 5.56 Å². The van der Waals surface area contributed by atoms with Gasteiger partial charge in [0, 0.05) is 0 Å². The molecule has 0 amide bonds. The van der Waals surface area contributed by atoms with Crippen LogP contribution in [0.4, 0.5) is 13.2 Å². The first-order valence-electron chi connectivity index (χ1n) is 4.58. The summed E-state index contributed by atoms with van der Waals surface area (Å²) in [7, 11) is 0. The Balaban J connectivity index is 2.69. The predicted molar refractivity (Wildman–Crippen MR) is 56.7 cm³/mol. The molecule has 0 heterocycles. The molecular weight excluding hydrogens is 217 g/mol. The summed E-state index contributed by atoms with van der Waals surface area (Å²) in [6, 6.07) is 8.75. The number of aliphatic hydroxyl groups is 1. The predicted octanol–water partition coefficient (Wildman–Crippen LogP) is 3.18. The lowest BCUT2D eigenvalue weighted by molar-refractivity contribution is -0.101. The molecule has 4 heteroatoms. The summed E-state index contributed by atoms with van der Waals surface area (Å²) in [6.45, 7) is 2.81. The summed E-state index contributed by atoms with van der Waals surface area (Å²) in [5, 5.41) is 9.21. The van der Waals surface area contributed by atoms with Crippen molar-refractivity contribution in [3.63, 3.8) is 0 Å². The Morgan fingerprint density at radius 2 is 1.81 bits per heavy atom. The molecule has 1 N–H and O–H groups in total. The van der Waals surface area contributed by atoms with Crippen molar-refractivity contribution in [3.8, 4) is 0 Å². The second kappa shape index (κ2) is 4.99. The topological polar surface area (TPSA) is 20.2 Å². The van der Waals surface area contributed by atoms with Gasteiger partial charge in [0.05, 0.1) is 5.57 Å². The molecule has 16 heavy (non-hydrogen) atoms. The van der Waals surface area contributed by atoms with E-state index in [2.05, 4.69) is 6.58 Å². The molecule has 86 valence electrons. The summed E-state index contributed by atoms with van der Waals surface area (Å²) in [4.78, 5) is 0. The maximum atomic E-state index is 12.1. The van der Waals surface area contributed by atoms with Crippen molar-refractivity contribution in [1.82, 2.24) is 0 Å². The zero-order chi connectivity index (χ0) is 12.2. The van der Waals surface area contributed by atoms with Gasteiger partial charge in [0.2, 0.25) is 0 Å². The van der Waals surface area contributed by atoms with E-state index in [1.54, 1.807) is 30.3 Å². The van der Waals surface area contributed by atoms with Crippen molar-refractivity contribution in [2.75, 3.05) is 0 Å². The lowest BCUT2D eigenvalue weighted by Gasteiger charge is -2.12. The van der Waals surface area contributed by atoms with Gasteiger partial charge in [-0.3, -0.25) is 0 Å². The Morgan fingerprint density at radius 1 is 1.25 bits per heavy atom. The number of hydrogen-bond acceptors (Lipinski definition) is 1. The Bertz CT molecular complexity index is 379. The highest BCUT2D eigenvalue weighted by Crippen LogP contribution is 2.27. The number of halogens is 3. The number of aliphatic hydroxyl groups excluding tert-OH is 1. The number of rotatable bonds is 3. The molecule has 1 rings (SSSR count).